The minimum atomic E-state index is 0.216. The molecule has 82 valence electrons. The van der Waals surface area contributed by atoms with Crippen molar-refractivity contribution in [1.29, 1.82) is 0 Å². The summed E-state index contributed by atoms with van der Waals surface area (Å²) in [6, 6.07) is 7.57. The van der Waals surface area contributed by atoms with Gasteiger partial charge in [-0.05, 0) is 61.7 Å². The van der Waals surface area contributed by atoms with Crippen molar-refractivity contribution in [1.82, 2.24) is 9.97 Å². The fraction of sp³-hybridized carbons (Fsp3) is 0. The minimum Gasteiger partial charge on any atom is -0.338 e. The maximum absolute atomic E-state index is 5.70. The predicted molar refractivity (Wildman–Crippen MR) is 72.2 cm³/mol. The molecule has 0 amide bonds. The topological polar surface area (TPSA) is 37.8 Å². The quantitative estimate of drug-likeness (QED) is 0.804. The lowest BCUT2D eigenvalue weighted by Gasteiger charge is -2.09. The molecule has 0 unspecified atom stereocenters. The zero-order valence-corrected chi connectivity index (χ0v) is 11.8. The maximum Gasteiger partial charge on any atom is 0.224 e. The summed E-state index contributed by atoms with van der Waals surface area (Å²) < 4.78 is 1.88. The van der Waals surface area contributed by atoms with Crippen LogP contribution in [0.15, 0.2) is 39.4 Å². The lowest BCUT2D eigenvalue weighted by molar-refractivity contribution is 1.17. The van der Waals surface area contributed by atoms with Crippen LogP contribution in [0.25, 0.3) is 0 Å². The summed E-state index contributed by atoms with van der Waals surface area (Å²) in [5.41, 5.74) is 0.900. The number of hydrogen-bond donors (Lipinski definition) is 1. The van der Waals surface area contributed by atoms with Gasteiger partial charge in [0, 0.05) is 15.1 Å². The van der Waals surface area contributed by atoms with Crippen LogP contribution < -0.4 is 5.32 Å². The number of benzene rings is 1. The third-order valence-corrected chi connectivity index (χ3v) is 3.35. The molecule has 1 aromatic heterocycles. The predicted octanol–water partition coefficient (Wildman–Crippen LogP) is 4.40. The second kappa shape index (κ2) is 5.12. The van der Waals surface area contributed by atoms with Crippen LogP contribution in [0.3, 0.4) is 0 Å². The average Bonchev–Trinajstić information content (AvgIpc) is 2.24. The highest BCUT2D eigenvalue weighted by atomic mass is 79.9. The first-order valence-electron chi connectivity index (χ1n) is 4.36. The first kappa shape index (κ1) is 11.8. The maximum atomic E-state index is 5.70. The standard InChI is InChI=1S/C10H6Br2ClN3/c11-6-2-1-3-7(12)9(6)15-8-4-5-14-10(13)16-8/h1-5H,(H,14,15,16). The van der Waals surface area contributed by atoms with Gasteiger partial charge in [-0.2, -0.15) is 0 Å². The van der Waals surface area contributed by atoms with Crippen LogP contribution in [-0.4, -0.2) is 9.97 Å². The Morgan fingerprint density at radius 3 is 2.44 bits per heavy atom. The van der Waals surface area contributed by atoms with Crippen molar-refractivity contribution in [2.24, 2.45) is 0 Å². The van der Waals surface area contributed by atoms with E-state index < -0.39 is 0 Å². The molecule has 0 aliphatic rings. The van der Waals surface area contributed by atoms with Crippen LogP contribution in [0.2, 0.25) is 5.28 Å². The van der Waals surface area contributed by atoms with Crippen LogP contribution in [0.4, 0.5) is 11.5 Å². The molecule has 1 aromatic carbocycles. The van der Waals surface area contributed by atoms with Gasteiger partial charge < -0.3 is 5.32 Å². The van der Waals surface area contributed by atoms with Crippen LogP contribution in [-0.2, 0) is 0 Å². The Kier molecular flexibility index (Phi) is 3.78. The number of nitrogens with one attached hydrogen (secondary N) is 1. The third-order valence-electron chi connectivity index (χ3n) is 1.84. The lowest BCUT2D eigenvalue weighted by Crippen LogP contribution is -1.96. The summed E-state index contributed by atoms with van der Waals surface area (Å²) in [7, 11) is 0. The SMILES string of the molecule is Clc1nccc(Nc2c(Br)cccc2Br)n1. The fourth-order valence-corrected chi connectivity index (χ4v) is 2.49. The molecule has 0 saturated heterocycles. The monoisotopic (exact) mass is 361 g/mol. The Morgan fingerprint density at radius 1 is 1.12 bits per heavy atom. The van der Waals surface area contributed by atoms with E-state index in [1.807, 2.05) is 18.2 Å². The highest BCUT2D eigenvalue weighted by Crippen LogP contribution is 2.32. The Bertz CT molecular complexity index is 499. The summed E-state index contributed by atoms with van der Waals surface area (Å²) in [6.07, 6.45) is 1.60. The molecule has 0 radical (unpaired) electrons. The summed E-state index contributed by atoms with van der Waals surface area (Å²) >= 11 is 12.6. The van der Waals surface area contributed by atoms with Gasteiger partial charge in [0.2, 0.25) is 5.28 Å². The number of rotatable bonds is 2. The van der Waals surface area contributed by atoms with Crippen LogP contribution in [0.1, 0.15) is 0 Å². The van der Waals surface area contributed by atoms with Gasteiger partial charge in [0.1, 0.15) is 5.82 Å². The van der Waals surface area contributed by atoms with E-state index in [0.717, 1.165) is 14.6 Å². The Hall–Kier alpha value is -0.650. The summed E-state index contributed by atoms with van der Waals surface area (Å²) in [6.45, 7) is 0. The second-order valence-electron chi connectivity index (χ2n) is 2.93. The van der Waals surface area contributed by atoms with Gasteiger partial charge in [-0.15, -0.1) is 0 Å². The first-order chi connectivity index (χ1) is 7.66. The van der Waals surface area contributed by atoms with Crippen molar-refractivity contribution in [3.05, 3.63) is 44.7 Å². The van der Waals surface area contributed by atoms with E-state index in [2.05, 4.69) is 47.1 Å². The van der Waals surface area contributed by atoms with E-state index in [9.17, 15) is 0 Å². The van der Waals surface area contributed by atoms with Crippen molar-refractivity contribution in [3.63, 3.8) is 0 Å². The third kappa shape index (κ3) is 2.72. The summed E-state index contributed by atoms with van der Waals surface area (Å²) in [5, 5.41) is 3.37. The van der Waals surface area contributed by atoms with Gasteiger partial charge >= 0.3 is 0 Å². The van der Waals surface area contributed by atoms with Crippen molar-refractivity contribution >= 4 is 55.0 Å². The van der Waals surface area contributed by atoms with E-state index in [4.69, 9.17) is 11.6 Å². The van der Waals surface area contributed by atoms with E-state index in [1.165, 1.54) is 0 Å². The molecule has 0 spiro atoms. The molecular formula is C10H6Br2ClN3. The van der Waals surface area contributed by atoms with Gasteiger partial charge in [0.05, 0.1) is 5.69 Å². The van der Waals surface area contributed by atoms with Crippen LogP contribution in [0, 0.1) is 0 Å². The van der Waals surface area contributed by atoms with Gasteiger partial charge in [0.25, 0.3) is 0 Å². The number of nitrogens with zero attached hydrogens (tertiary/aromatic N) is 2. The molecular weight excluding hydrogens is 357 g/mol. The largest absolute Gasteiger partial charge is 0.338 e. The molecule has 2 aromatic rings. The molecule has 0 aliphatic carbocycles. The van der Waals surface area contributed by atoms with Crippen LogP contribution in [0.5, 0.6) is 0 Å². The molecule has 0 aliphatic heterocycles. The number of para-hydroxylation sites is 1. The molecule has 16 heavy (non-hydrogen) atoms. The summed E-state index contributed by atoms with van der Waals surface area (Å²) in [5.74, 6) is 0.646. The zero-order valence-electron chi connectivity index (χ0n) is 7.92. The van der Waals surface area contributed by atoms with Gasteiger partial charge in [-0.3, -0.25) is 0 Å². The Labute approximate surface area is 115 Å². The number of anilines is 2. The van der Waals surface area contributed by atoms with E-state index in [-0.39, 0.29) is 5.28 Å². The Morgan fingerprint density at radius 2 is 1.81 bits per heavy atom. The van der Waals surface area contributed by atoms with Gasteiger partial charge in [-0.25, -0.2) is 9.97 Å². The van der Waals surface area contributed by atoms with E-state index in [1.54, 1.807) is 12.3 Å². The molecule has 0 fully saturated rings. The zero-order chi connectivity index (χ0) is 11.5. The Balaban J connectivity index is 2.34. The van der Waals surface area contributed by atoms with Crippen molar-refractivity contribution < 1.29 is 0 Å². The lowest BCUT2D eigenvalue weighted by atomic mass is 10.3. The van der Waals surface area contributed by atoms with Crippen molar-refractivity contribution in [3.8, 4) is 0 Å². The normalized spacial score (nSPS) is 10.2. The average molecular weight is 363 g/mol. The van der Waals surface area contributed by atoms with Crippen molar-refractivity contribution in [2.75, 3.05) is 5.32 Å². The molecule has 6 heteroatoms. The molecule has 1 heterocycles. The first-order valence-corrected chi connectivity index (χ1v) is 6.33. The van der Waals surface area contributed by atoms with Crippen LogP contribution >= 0.6 is 43.5 Å². The van der Waals surface area contributed by atoms with E-state index >= 15 is 0 Å². The minimum absolute atomic E-state index is 0.216. The molecule has 0 saturated carbocycles. The number of aromatic nitrogens is 2. The summed E-state index contributed by atoms with van der Waals surface area (Å²) in [4.78, 5) is 7.87. The molecule has 3 nitrogen and oxygen atoms in total. The highest BCUT2D eigenvalue weighted by Gasteiger charge is 2.05. The fourth-order valence-electron chi connectivity index (χ4n) is 1.15. The molecule has 2 rings (SSSR count). The van der Waals surface area contributed by atoms with E-state index in [0.29, 0.717) is 5.82 Å². The molecule has 0 bridgehead atoms. The smallest absolute Gasteiger partial charge is 0.224 e. The van der Waals surface area contributed by atoms with Gasteiger partial charge in [0.15, 0.2) is 0 Å². The number of halogens is 3. The highest BCUT2D eigenvalue weighted by molar-refractivity contribution is 9.11. The number of hydrogen-bond acceptors (Lipinski definition) is 3. The molecule has 1 N–H and O–H groups in total. The molecule has 0 atom stereocenters. The van der Waals surface area contributed by atoms with Gasteiger partial charge in [-0.1, -0.05) is 6.07 Å². The van der Waals surface area contributed by atoms with Crippen molar-refractivity contribution in [2.45, 2.75) is 0 Å². The second-order valence-corrected chi connectivity index (χ2v) is 4.98.